The van der Waals surface area contributed by atoms with Gasteiger partial charge in [0.1, 0.15) is 17.8 Å². The van der Waals surface area contributed by atoms with Gasteiger partial charge in [-0.2, -0.15) is 0 Å². The van der Waals surface area contributed by atoms with E-state index >= 15 is 0 Å². The molecule has 0 bridgehead atoms. The van der Waals surface area contributed by atoms with Gasteiger partial charge in [0, 0.05) is 6.08 Å². The summed E-state index contributed by atoms with van der Waals surface area (Å²) in [5.74, 6) is -1.89. The van der Waals surface area contributed by atoms with Gasteiger partial charge >= 0.3 is 11.9 Å². The van der Waals surface area contributed by atoms with Crippen LogP contribution in [0.3, 0.4) is 0 Å². The zero-order valence-corrected chi connectivity index (χ0v) is 15.0. The minimum Gasteiger partial charge on any atom is -0.459 e. The molecule has 25 heavy (non-hydrogen) atoms. The van der Waals surface area contributed by atoms with E-state index in [1.54, 1.807) is 6.92 Å². The predicted octanol–water partition coefficient (Wildman–Crippen LogP) is 3.81. The van der Waals surface area contributed by atoms with Gasteiger partial charge in [0.05, 0.1) is 0 Å². The standard InChI is InChI=1S/C20H28O5/c1-2-9-18(21)17(20(23)25-16-12-7-4-8-13-16)14-19(22)24-15-10-5-3-6-11-15/h2,9,14-16H,3-8,10-13H2,1H3/b9-2?,17-14-. The molecule has 0 saturated heterocycles. The predicted molar refractivity (Wildman–Crippen MR) is 93.8 cm³/mol. The molecule has 2 saturated carbocycles. The molecular formula is C20H28O5. The summed E-state index contributed by atoms with van der Waals surface area (Å²) in [6, 6.07) is 0. The van der Waals surface area contributed by atoms with Crippen molar-refractivity contribution in [3.63, 3.8) is 0 Å². The minimum absolute atomic E-state index is 0.120. The molecule has 2 rings (SSSR count). The van der Waals surface area contributed by atoms with Crippen LogP contribution >= 0.6 is 0 Å². The lowest BCUT2D eigenvalue weighted by Crippen LogP contribution is -2.25. The van der Waals surface area contributed by atoms with Crippen LogP contribution in [0.5, 0.6) is 0 Å². The SMILES string of the molecule is CC=CC(=O)/C(=C/C(=O)OC1CCCCC1)C(=O)OC1CCCCC1. The number of allylic oxidation sites excluding steroid dienone is 2. The Bertz CT molecular complexity index is 534. The Labute approximate surface area is 149 Å². The zero-order chi connectivity index (χ0) is 18.1. The second-order valence-electron chi connectivity index (χ2n) is 6.78. The van der Waals surface area contributed by atoms with Crippen LogP contribution in [-0.2, 0) is 23.9 Å². The first kappa shape index (κ1) is 19.4. The molecule has 0 N–H and O–H groups in total. The number of ether oxygens (including phenoxy) is 2. The lowest BCUT2D eigenvalue weighted by Gasteiger charge is -2.22. The molecule has 5 heteroatoms. The van der Waals surface area contributed by atoms with Crippen molar-refractivity contribution < 1.29 is 23.9 Å². The van der Waals surface area contributed by atoms with E-state index in [-0.39, 0.29) is 17.8 Å². The van der Waals surface area contributed by atoms with E-state index < -0.39 is 17.7 Å². The van der Waals surface area contributed by atoms with Gasteiger partial charge in [-0.05, 0) is 64.4 Å². The van der Waals surface area contributed by atoms with Crippen molar-refractivity contribution in [3.05, 3.63) is 23.8 Å². The summed E-state index contributed by atoms with van der Waals surface area (Å²) in [7, 11) is 0. The van der Waals surface area contributed by atoms with E-state index in [0.29, 0.717) is 0 Å². The van der Waals surface area contributed by atoms with Crippen LogP contribution in [0.25, 0.3) is 0 Å². The van der Waals surface area contributed by atoms with Crippen LogP contribution in [0.1, 0.15) is 71.1 Å². The van der Waals surface area contributed by atoms with Crippen LogP contribution in [0.15, 0.2) is 23.8 Å². The molecule has 2 aliphatic rings. The fraction of sp³-hybridized carbons (Fsp3) is 0.650. The van der Waals surface area contributed by atoms with E-state index in [1.165, 1.54) is 12.2 Å². The van der Waals surface area contributed by atoms with Crippen molar-refractivity contribution >= 4 is 17.7 Å². The molecule has 0 amide bonds. The van der Waals surface area contributed by atoms with Gasteiger partial charge in [0.2, 0.25) is 0 Å². The minimum atomic E-state index is -0.726. The van der Waals surface area contributed by atoms with Crippen molar-refractivity contribution in [2.75, 3.05) is 0 Å². The first-order chi connectivity index (χ1) is 12.1. The van der Waals surface area contributed by atoms with E-state index in [0.717, 1.165) is 70.3 Å². The molecule has 0 heterocycles. The van der Waals surface area contributed by atoms with Crippen LogP contribution in [0.2, 0.25) is 0 Å². The molecule has 0 radical (unpaired) electrons. The average molecular weight is 348 g/mol. The van der Waals surface area contributed by atoms with Crippen molar-refractivity contribution in [1.29, 1.82) is 0 Å². The fourth-order valence-electron chi connectivity index (χ4n) is 3.37. The Hall–Kier alpha value is -1.91. The molecule has 0 unspecified atom stereocenters. The molecule has 0 aromatic rings. The third-order valence-corrected chi connectivity index (χ3v) is 4.73. The zero-order valence-electron chi connectivity index (χ0n) is 15.0. The summed E-state index contributed by atoms with van der Waals surface area (Å²) in [5.41, 5.74) is -0.246. The summed E-state index contributed by atoms with van der Waals surface area (Å²) < 4.78 is 10.8. The van der Waals surface area contributed by atoms with Gasteiger partial charge in [-0.25, -0.2) is 9.59 Å². The number of esters is 2. The molecule has 0 aromatic carbocycles. The topological polar surface area (TPSA) is 69.7 Å². The van der Waals surface area contributed by atoms with Gasteiger partial charge in [-0.15, -0.1) is 0 Å². The lowest BCUT2D eigenvalue weighted by molar-refractivity contribution is -0.149. The van der Waals surface area contributed by atoms with Crippen molar-refractivity contribution in [3.8, 4) is 0 Å². The lowest BCUT2D eigenvalue weighted by atomic mass is 9.97. The van der Waals surface area contributed by atoms with E-state index in [4.69, 9.17) is 9.47 Å². The normalized spacial score (nSPS) is 20.4. The number of rotatable bonds is 6. The van der Waals surface area contributed by atoms with Crippen molar-refractivity contribution in [2.45, 2.75) is 83.3 Å². The van der Waals surface area contributed by atoms with Gasteiger partial charge < -0.3 is 9.47 Å². The second kappa shape index (κ2) is 10.2. The molecule has 0 spiro atoms. The third-order valence-electron chi connectivity index (χ3n) is 4.73. The van der Waals surface area contributed by atoms with E-state index in [9.17, 15) is 14.4 Å². The summed E-state index contributed by atoms with van der Waals surface area (Å²) >= 11 is 0. The number of hydrogen-bond donors (Lipinski definition) is 0. The summed E-state index contributed by atoms with van der Waals surface area (Å²) in [6.07, 6.45) is 13.2. The maximum atomic E-state index is 12.4. The van der Waals surface area contributed by atoms with E-state index in [2.05, 4.69) is 0 Å². The highest BCUT2D eigenvalue weighted by Crippen LogP contribution is 2.22. The second-order valence-corrected chi connectivity index (χ2v) is 6.78. The molecule has 138 valence electrons. The van der Waals surface area contributed by atoms with E-state index in [1.807, 2.05) is 0 Å². The van der Waals surface area contributed by atoms with Gasteiger partial charge in [0.15, 0.2) is 5.78 Å². The fourth-order valence-corrected chi connectivity index (χ4v) is 3.37. The monoisotopic (exact) mass is 348 g/mol. The van der Waals surface area contributed by atoms with Crippen molar-refractivity contribution in [2.24, 2.45) is 0 Å². The third kappa shape index (κ3) is 6.48. The summed E-state index contributed by atoms with van der Waals surface area (Å²) in [5, 5.41) is 0. The first-order valence-electron chi connectivity index (χ1n) is 9.40. The summed E-state index contributed by atoms with van der Waals surface area (Å²) in [6.45, 7) is 1.68. The van der Waals surface area contributed by atoms with Crippen molar-refractivity contribution in [1.82, 2.24) is 0 Å². The Kier molecular flexibility index (Phi) is 7.89. The maximum absolute atomic E-state index is 12.4. The molecule has 0 aliphatic heterocycles. The Balaban J connectivity index is 2.03. The molecular weight excluding hydrogens is 320 g/mol. The molecule has 5 nitrogen and oxygen atoms in total. The number of carbonyl (C=O) groups excluding carboxylic acids is 3. The molecule has 2 aliphatic carbocycles. The Morgan fingerprint density at radius 1 is 0.800 bits per heavy atom. The van der Waals surface area contributed by atoms with Gasteiger partial charge in [-0.1, -0.05) is 18.9 Å². The van der Waals surface area contributed by atoms with Gasteiger partial charge in [-0.3, -0.25) is 4.79 Å². The summed E-state index contributed by atoms with van der Waals surface area (Å²) in [4.78, 5) is 36.7. The average Bonchev–Trinajstić information content (AvgIpc) is 2.61. The molecule has 2 fully saturated rings. The van der Waals surface area contributed by atoms with Crippen LogP contribution in [-0.4, -0.2) is 29.9 Å². The molecule has 0 aromatic heterocycles. The van der Waals surface area contributed by atoms with Crippen LogP contribution < -0.4 is 0 Å². The highest BCUT2D eigenvalue weighted by atomic mass is 16.5. The number of ketones is 1. The highest BCUT2D eigenvalue weighted by molar-refractivity contribution is 6.23. The largest absolute Gasteiger partial charge is 0.459 e. The smallest absolute Gasteiger partial charge is 0.342 e. The highest BCUT2D eigenvalue weighted by Gasteiger charge is 2.25. The van der Waals surface area contributed by atoms with Gasteiger partial charge in [0.25, 0.3) is 0 Å². The first-order valence-corrected chi connectivity index (χ1v) is 9.40. The maximum Gasteiger partial charge on any atom is 0.342 e. The quantitative estimate of drug-likeness (QED) is 0.316. The number of hydrogen-bond acceptors (Lipinski definition) is 5. The number of carbonyl (C=O) groups is 3. The Morgan fingerprint density at radius 3 is 1.84 bits per heavy atom. The molecule has 0 atom stereocenters. The van der Waals surface area contributed by atoms with Crippen LogP contribution in [0.4, 0.5) is 0 Å². The van der Waals surface area contributed by atoms with Crippen LogP contribution in [0, 0.1) is 0 Å². The Morgan fingerprint density at radius 2 is 1.32 bits per heavy atom.